The number of nitrogens with zero attached hydrogens (tertiary/aromatic N) is 1. The molecule has 2 atom stereocenters. The van der Waals surface area contributed by atoms with Crippen molar-refractivity contribution in [1.82, 2.24) is 4.90 Å². The first-order valence-corrected chi connectivity index (χ1v) is 8.11. The number of piperidine rings is 1. The summed E-state index contributed by atoms with van der Waals surface area (Å²) in [5.74, 6) is 1.21. The summed E-state index contributed by atoms with van der Waals surface area (Å²) in [6, 6.07) is 4.75. The molecule has 0 aliphatic carbocycles. The number of esters is 1. The van der Waals surface area contributed by atoms with Crippen molar-refractivity contribution in [3.63, 3.8) is 0 Å². The van der Waals surface area contributed by atoms with Gasteiger partial charge in [-0.1, -0.05) is 13.8 Å². The molecule has 2 unspecified atom stereocenters. The van der Waals surface area contributed by atoms with Crippen molar-refractivity contribution in [2.75, 3.05) is 33.9 Å². The SMILES string of the molecule is COc1ccc(C(=O)OCC(=O)N2CC(C)CC(C)C2)cc1OC. The lowest BCUT2D eigenvalue weighted by Gasteiger charge is -2.34. The van der Waals surface area contributed by atoms with E-state index >= 15 is 0 Å². The Bertz CT molecular complexity index is 591. The van der Waals surface area contributed by atoms with Gasteiger partial charge in [0, 0.05) is 13.1 Å². The molecular formula is C18H25NO5. The lowest BCUT2D eigenvalue weighted by atomic mass is 9.92. The third kappa shape index (κ3) is 4.40. The molecule has 0 spiro atoms. The van der Waals surface area contributed by atoms with Crippen LogP contribution in [0.2, 0.25) is 0 Å². The molecule has 1 aliphatic heterocycles. The predicted molar refractivity (Wildman–Crippen MR) is 89.4 cm³/mol. The molecule has 132 valence electrons. The predicted octanol–water partition coefficient (Wildman–Crippen LogP) is 2.37. The second-order valence-corrected chi connectivity index (χ2v) is 6.39. The van der Waals surface area contributed by atoms with Gasteiger partial charge in [0.15, 0.2) is 18.1 Å². The third-order valence-electron chi connectivity index (χ3n) is 4.17. The van der Waals surface area contributed by atoms with Crippen LogP contribution in [0.5, 0.6) is 11.5 Å². The normalized spacial score (nSPS) is 20.4. The van der Waals surface area contributed by atoms with Gasteiger partial charge in [-0.05, 0) is 36.5 Å². The maximum Gasteiger partial charge on any atom is 0.338 e. The van der Waals surface area contributed by atoms with Crippen molar-refractivity contribution in [2.45, 2.75) is 20.3 Å². The van der Waals surface area contributed by atoms with Gasteiger partial charge in [0.05, 0.1) is 19.8 Å². The molecule has 0 N–H and O–H groups in total. The highest BCUT2D eigenvalue weighted by Gasteiger charge is 2.26. The molecule has 1 saturated heterocycles. The lowest BCUT2D eigenvalue weighted by Crippen LogP contribution is -2.44. The molecule has 6 heteroatoms. The van der Waals surface area contributed by atoms with Crippen LogP contribution < -0.4 is 9.47 Å². The molecule has 1 aromatic rings. The first kappa shape index (κ1) is 18.1. The number of methoxy groups -OCH3 is 2. The minimum absolute atomic E-state index is 0.151. The summed E-state index contributed by atoms with van der Waals surface area (Å²) in [5, 5.41) is 0. The van der Waals surface area contributed by atoms with Gasteiger partial charge in [0.2, 0.25) is 0 Å². The average molecular weight is 335 g/mol. The molecule has 1 aromatic carbocycles. The van der Waals surface area contributed by atoms with Crippen LogP contribution in [0.1, 0.15) is 30.6 Å². The Morgan fingerprint density at radius 1 is 1.08 bits per heavy atom. The van der Waals surface area contributed by atoms with E-state index < -0.39 is 5.97 Å². The average Bonchev–Trinajstić information content (AvgIpc) is 2.57. The summed E-state index contributed by atoms with van der Waals surface area (Å²) in [6.07, 6.45) is 1.12. The van der Waals surface area contributed by atoms with Crippen molar-refractivity contribution in [2.24, 2.45) is 11.8 Å². The zero-order valence-corrected chi connectivity index (χ0v) is 14.7. The van der Waals surface area contributed by atoms with Crippen molar-refractivity contribution in [1.29, 1.82) is 0 Å². The van der Waals surface area contributed by atoms with Crippen LogP contribution in [0.3, 0.4) is 0 Å². The Balaban J connectivity index is 1.94. The standard InChI is InChI=1S/C18H25NO5/c1-12-7-13(2)10-19(9-12)17(20)11-24-18(21)14-5-6-15(22-3)16(8-14)23-4/h5-6,8,12-13H,7,9-11H2,1-4H3. The van der Waals surface area contributed by atoms with Gasteiger partial charge in [0.1, 0.15) is 0 Å². The molecule has 1 aliphatic rings. The first-order chi connectivity index (χ1) is 11.4. The third-order valence-corrected chi connectivity index (χ3v) is 4.17. The number of ether oxygens (including phenoxy) is 3. The van der Waals surface area contributed by atoms with Gasteiger partial charge < -0.3 is 19.1 Å². The molecule has 1 fully saturated rings. The quantitative estimate of drug-likeness (QED) is 0.773. The fraction of sp³-hybridized carbons (Fsp3) is 0.556. The van der Waals surface area contributed by atoms with E-state index in [1.165, 1.54) is 20.3 Å². The molecule has 24 heavy (non-hydrogen) atoms. The van der Waals surface area contributed by atoms with Gasteiger partial charge in [0.25, 0.3) is 5.91 Å². The van der Waals surface area contributed by atoms with E-state index in [2.05, 4.69) is 13.8 Å². The molecule has 0 saturated carbocycles. The molecule has 0 bridgehead atoms. The van der Waals surface area contributed by atoms with Gasteiger partial charge >= 0.3 is 5.97 Å². The summed E-state index contributed by atoms with van der Waals surface area (Å²) in [5.41, 5.74) is 0.320. The zero-order chi connectivity index (χ0) is 17.7. The fourth-order valence-electron chi connectivity index (χ4n) is 3.13. The Hall–Kier alpha value is -2.24. The van der Waals surface area contributed by atoms with Gasteiger partial charge in [-0.15, -0.1) is 0 Å². The lowest BCUT2D eigenvalue weighted by molar-refractivity contribution is -0.137. The summed E-state index contributed by atoms with van der Waals surface area (Å²) >= 11 is 0. The van der Waals surface area contributed by atoms with Crippen molar-refractivity contribution in [3.05, 3.63) is 23.8 Å². The van der Waals surface area contributed by atoms with Crippen molar-refractivity contribution >= 4 is 11.9 Å². The van der Waals surface area contributed by atoms with E-state index in [1.54, 1.807) is 17.0 Å². The van der Waals surface area contributed by atoms with Gasteiger partial charge in [-0.3, -0.25) is 4.79 Å². The van der Waals surface area contributed by atoms with E-state index in [-0.39, 0.29) is 12.5 Å². The van der Waals surface area contributed by atoms with Crippen molar-refractivity contribution < 1.29 is 23.8 Å². The molecule has 6 nitrogen and oxygen atoms in total. The number of rotatable bonds is 5. The van der Waals surface area contributed by atoms with Crippen LogP contribution in [-0.4, -0.2) is 50.7 Å². The zero-order valence-electron chi connectivity index (χ0n) is 14.7. The number of carbonyl (C=O) groups excluding carboxylic acids is 2. The Morgan fingerprint density at radius 2 is 1.71 bits per heavy atom. The smallest absolute Gasteiger partial charge is 0.338 e. The van der Waals surface area contributed by atoms with Crippen LogP contribution >= 0.6 is 0 Å². The van der Waals surface area contributed by atoms with Gasteiger partial charge in [-0.25, -0.2) is 4.79 Å². The number of benzene rings is 1. The second-order valence-electron chi connectivity index (χ2n) is 6.39. The number of hydrogen-bond donors (Lipinski definition) is 0. The first-order valence-electron chi connectivity index (χ1n) is 8.11. The summed E-state index contributed by atoms with van der Waals surface area (Å²) in [4.78, 5) is 26.2. The van der Waals surface area contributed by atoms with E-state index in [0.717, 1.165) is 19.5 Å². The van der Waals surface area contributed by atoms with Crippen LogP contribution in [0.25, 0.3) is 0 Å². The maximum absolute atomic E-state index is 12.3. The summed E-state index contributed by atoms with van der Waals surface area (Å²) in [7, 11) is 3.02. The minimum atomic E-state index is -0.553. The molecule has 0 aromatic heterocycles. The van der Waals surface area contributed by atoms with Crippen LogP contribution in [0.15, 0.2) is 18.2 Å². The van der Waals surface area contributed by atoms with E-state index in [4.69, 9.17) is 14.2 Å². The molecule has 1 heterocycles. The highest BCUT2D eigenvalue weighted by molar-refractivity contribution is 5.92. The fourth-order valence-corrected chi connectivity index (χ4v) is 3.13. The largest absolute Gasteiger partial charge is 0.493 e. The van der Waals surface area contributed by atoms with Crippen LogP contribution in [0.4, 0.5) is 0 Å². The number of hydrogen-bond acceptors (Lipinski definition) is 5. The highest BCUT2D eigenvalue weighted by atomic mass is 16.5. The number of likely N-dealkylation sites (tertiary alicyclic amines) is 1. The summed E-state index contributed by atoms with van der Waals surface area (Å²) in [6.45, 7) is 5.46. The summed E-state index contributed by atoms with van der Waals surface area (Å²) < 4.78 is 15.5. The van der Waals surface area contributed by atoms with Crippen molar-refractivity contribution in [3.8, 4) is 11.5 Å². The van der Waals surface area contributed by atoms with Gasteiger partial charge in [-0.2, -0.15) is 0 Å². The Kier molecular flexibility index (Phi) is 6.06. The topological polar surface area (TPSA) is 65.1 Å². The Morgan fingerprint density at radius 3 is 2.29 bits per heavy atom. The monoisotopic (exact) mass is 335 g/mol. The Labute approximate surface area is 142 Å². The number of carbonyl (C=O) groups is 2. The number of amides is 1. The second kappa shape index (κ2) is 8.04. The molecule has 1 amide bonds. The van der Waals surface area contributed by atoms with E-state index in [0.29, 0.717) is 28.9 Å². The van der Waals surface area contributed by atoms with E-state index in [1.807, 2.05) is 0 Å². The molecular weight excluding hydrogens is 310 g/mol. The highest BCUT2D eigenvalue weighted by Crippen LogP contribution is 2.27. The minimum Gasteiger partial charge on any atom is -0.493 e. The van der Waals surface area contributed by atoms with Crippen LogP contribution in [-0.2, 0) is 9.53 Å². The van der Waals surface area contributed by atoms with Crippen LogP contribution in [0, 0.1) is 11.8 Å². The van der Waals surface area contributed by atoms with E-state index in [9.17, 15) is 9.59 Å². The molecule has 0 radical (unpaired) electrons. The molecule has 2 rings (SSSR count). The maximum atomic E-state index is 12.3.